The molecule has 0 saturated heterocycles. The Bertz CT molecular complexity index is 321. The first-order valence-corrected chi connectivity index (χ1v) is 6.26. The number of esters is 2. The molecule has 0 bridgehead atoms. The number of urea groups is 1. The van der Waals surface area contributed by atoms with Crippen LogP contribution in [0.3, 0.4) is 0 Å². The van der Waals surface area contributed by atoms with Crippen LogP contribution < -0.4 is 5.32 Å². The Labute approximate surface area is 112 Å². The molecule has 19 heavy (non-hydrogen) atoms. The largest absolute Gasteiger partial charge is 0.468 e. The molecule has 0 aromatic carbocycles. The Morgan fingerprint density at radius 2 is 1.53 bits per heavy atom. The van der Waals surface area contributed by atoms with Gasteiger partial charge in [0.05, 0.1) is 14.2 Å². The second kappa shape index (κ2) is 7.60. The average Bonchev–Trinajstić information content (AvgIpc) is 2.90. The number of hydrogen-bond donors (Lipinski definition) is 1. The molecular formula is C12H20N2O5. The predicted molar refractivity (Wildman–Crippen MR) is 66.4 cm³/mol. The highest BCUT2D eigenvalue weighted by molar-refractivity contribution is 5.85. The van der Waals surface area contributed by atoms with Crippen molar-refractivity contribution in [2.45, 2.75) is 31.7 Å². The van der Waals surface area contributed by atoms with E-state index in [0.29, 0.717) is 0 Å². The number of methoxy groups -OCH3 is 2. The number of carbonyl (C=O) groups is 3. The molecule has 0 aliphatic heterocycles. The Balaban J connectivity index is 2.56. The zero-order valence-corrected chi connectivity index (χ0v) is 11.3. The maximum absolute atomic E-state index is 12.0. The van der Waals surface area contributed by atoms with Gasteiger partial charge >= 0.3 is 18.0 Å². The molecule has 0 atom stereocenters. The Kier molecular flexibility index (Phi) is 6.11. The van der Waals surface area contributed by atoms with Gasteiger partial charge in [-0.1, -0.05) is 12.8 Å². The number of ether oxygens (including phenoxy) is 2. The summed E-state index contributed by atoms with van der Waals surface area (Å²) >= 11 is 0. The van der Waals surface area contributed by atoms with Gasteiger partial charge in [0.2, 0.25) is 0 Å². The van der Waals surface area contributed by atoms with E-state index in [-0.39, 0.29) is 19.1 Å². The summed E-state index contributed by atoms with van der Waals surface area (Å²) in [6, 6.07) is -0.326. The van der Waals surface area contributed by atoms with Crippen molar-refractivity contribution in [2.75, 3.05) is 27.3 Å². The lowest BCUT2D eigenvalue weighted by atomic mass is 10.2. The molecule has 0 aromatic heterocycles. The summed E-state index contributed by atoms with van der Waals surface area (Å²) < 4.78 is 9.01. The Morgan fingerprint density at radius 3 is 1.95 bits per heavy atom. The van der Waals surface area contributed by atoms with Crippen LogP contribution in [0.15, 0.2) is 0 Å². The zero-order chi connectivity index (χ0) is 14.3. The molecule has 1 N–H and O–H groups in total. The molecule has 1 aliphatic carbocycles. The van der Waals surface area contributed by atoms with Crippen LogP contribution >= 0.6 is 0 Å². The van der Waals surface area contributed by atoms with Crippen LogP contribution in [0.2, 0.25) is 0 Å². The fraction of sp³-hybridized carbons (Fsp3) is 0.750. The molecular weight excluding hydrogens is 252 g/mol. The molecule has 0 radical (unpaired) electrons. The van der Waals surface area contributed by atoms with Gasteiger partial charge in [0.15, 0.2) is 0 Å². The van der Waals surface area contributed by atoms with Gasteiger partial charge in [-0.3, -0.25) is 9.59 Å². The van der Waals surface area contributed by atoms with E-state index in [4.69, 9.17) is 0 Å². The molecule has 0 heterocycles. The molecule has 0 spiro atoms. The van der Waals surface area contributed by atoms with Gasteiger partial charge in [0.1, 0.15) is 13.1 Å². The highest BCUT2D eigenvalue weighted by atomic mass is 16.5. The predicted octanol–water partition coefficient (Wildman–Crippen LogP) is 0.287. The molecule has 0 aromatic rings. The number of carbonyl (C=O) groups excluding carboxylic acids is 3. The topological polar surface area (TPSA) is 84.9 Å². The van der Waals surface area contributed by atoms with E-state index in [0.717, 1.165) is 30.6 Å². The maximum atomic E-state index is 12.0. The van der Waals surface area contributed by atoms with Gasteiger partial charge < -0.3 is 19.7 Å². The van der Waals surface area contributed by atoms with E-state index >= 15 is 0 Å². The van der Waals surface area contributed by atoms with Crippen molar-refractivity contribution in [1.29, 1.82) is 0 Å². The lowest BCUT2D eigenvalue weighted by molar-refractivity contribution is -0.144. The quantitative estimate of drug-likeness (QED) is 0.727. The number of hydrogen-bond acceptors (Lipinski definition) is 5. The van der Waals surface area contributed by atoms with Crippen molar-refractivity contribution in [3.63, 3.8) is 0 Å². The fourth-order valence-corrected chi connectivity index (χ4v) is 1.98. The minimum atomic E-state index is -0.578. The minimum absolute atomic E-state index is 0.116. The second-order valence-electron chi connectivity index (χ2n) is 4.44. The number of nitrogens with one attached hydrogen (secondary N) is 1. The third kappa shape index (κ3) is 5.15. The molecule has 0 unspecified atom stereocenters. The number of rotatable bonds is 5. The smallest absolute Gasteiger partial charge is 0.325 e. The Morgan fingerprint density at radius 1 is 1.05 bits per heavy atom. The summed E-state index contributed by atoms with van der Waals surface area (Å²) in [6.07, 6.45) is 4.02. The van der Waals surface area contributed by atoms with Crippen molar-refractivity contribution in [2.24, 2.45) is 0 Å². The first kappa shape index (κ1) is 15.3. The van der Waals surface area contributed by atoms with Gasteiger partial charge in [-0.2, -0.15) is 0 Å². The summed E-state index contributed by atoms with van der Waals surface area (Å²) in [5.74, 6) is -1.16. The first-order chi connectivity index (χ1) is 9.06. The van der Waals surface area contributed by atoms with Crippen molar-refractivity contribution in [3.05, 3.63) is 0 Å². The van der Waals surface area contributed by atoms with E-state index in [2.05, 4.69) is 14.8 Å². The van der Waals surface area contributed by atoms with Gasteiger partial charge in [-0.05, 0) is 12.8 Å². The standard InChI is InChI=1S/C12H20N2O5/c1-18-10(15)7-14(8-11(16)19-2)12(17)13-9-5-3-4-6-9/h9H,3-8H2,1-2H3,(H,13,17). The molecule has 108 valence electrons. The first-order valence-electron chi connectivity index (χ1n) is 6.26. The van der Waals surface area contributed by atoms with Crippen molar-refractivity contribution in [1.82, 2.24) is 10.2 Å². The molecule has 1 aliphatic rings. The van der Waals surface area contributed by atoms with Gasteiger partial charge in [-0.15, -0.1) is 0 Å². The molecule has 1 saturated carbocycles. The SMILES string of the molecule is COC(=O)CN(CC(=O)OC)C(=O)NC1CCCC1. The van der Waals surface area contributed by atoms with Crippen LogP contribution in [0.5, 0.6) is 0 Å². The van der Waals surface area contributed by atoms with Crippen LogP contribution in [0.1, 0.15) is 25.7 Å². The maximum Gasteiger partial charge on any atom is 0.325 e. The van der Waals surface area contributed by atoms with Crippen molar-refractivity contribution in [3.8, 4) is 0 Å². The summed E-state index contributed by atoms with van der Waals surface area (Å²) in [6.45, 7) is -0.547. The fourth-order valence-electron chi connectivity index (χ4n) is 1.98. The Hall–Kier alpha value is -1.79. The second-order valence-corrected chi connectivity index (χ2v) is 4.44. The average molecular weight is 272 g/mol. The van der Waals surface area contributed by atoms with Gasteiger partial charge in [-0.25, -0.2) is 4.79 Å². The molecule has 1 rings (SSSR count). The number of amides is 2. The van der Waals surface area contributed by atoms with Crippen molar-refractivity contribution >= 4 is 18.0 Å². The van der Waals surface area contributed by atoms with Crippen LogP contribution in [-0.2, 0) is 19.1 Å². The van der Waals surface area contributed by atoms with E-state index in [9.17, 15) is 14.4 Å². The summed E-state index contributed by atoms with van der Waals surface area (Å²) in [5, 5.41) is 2.81. The molecule has 7 heteroatoms. The number of nitrogens with zero attached hydrogens (tertiary/aromatic N) is 1. The minimum Gasteiger partial charge on any atom is -0.468 e. The summed E-state index contributed by atoms with van der Waals surface area (Å²) in [4.78, 5) is 35.6. The third-order valence-corrected chi connectivity index (χ3v) is 3.07. The monoisotopic (exact) mass is 272 g/mol. The normalized spacial score (nSPS) is 14.8. The van der Waals surface area contributed by atoms with E-state index < -0.39 is 18.0 Å². The van der Waals surface area contributed by atoms with Crippen LogP contribution in [0.4, 0.5) is 4.79 Å². The zero-order valence-electron chi connectivity index (χ0n) is 11.3. The molecule has 1 fully saturated rings. The van der Waals surface area contributed by atoms with Crippen LogP contribution in [0, 0.1) is 0 Å². The summed E-state index contributed by atoms with van der Waals surface area (Å²) in [5.41, 5.74) is 0. The highest BCUT2D eigenvalue weighted by Crippen LogP contribution is 2.17. The van der Waals surface area contributed by atoms with E-state index in [1.54, 1.807) is 0 Å². The lowest BCUT2D eigenvalue weighted by Gasteiger charge is -2.22. The van der Waals surface area contributed by atoms with E-state index in [1.807, 2.05) is 0 Å². The molecule has 2 amide bonds. The highest BCUT2D eigenvalue weighted by Gasteiger charge is 2.24. The van der Waals surface area contributed by atoms with Crippen molar-refractivity contribution < 1.29 is 23.9 Å². The van der Waals surface area contributed by atoms with Crippen LogP contribution in [0.25, 0.3) is 0 Å². The molecule has 7 nitrogen and oxygen atoms in total. The summed E-state index contributed by atoms with van der Waals surface area (Å²) in [7, 11) is 2.46. The van der Waals surface area contributed by atoms with E-state index in [1.165, 1.54) is 14.2 Å². The van der Waals surface area contributed by atoms with Gasteiger partial charge in [0.25, 0.3) is 0 Å². The van der Waals surface area contributed by atoms with Gasteiger partial charge in [0, 0.05) is 6.04 Å². The lowest BCUT2D eigenvalue weighted by Crippen LogP contribution is -2.48. The van der Waals surface area contributed by atoms with Crippen LogP contribution in [-0.4, -0.2) is 56.2 Å². The third-order valence-electron chi connectivity index (χ3n) is 3.07.